The molecule has 0 radical (unpaired) electrons. The Labute approximate surface area is 210 Å². The lowest BCUT2D eigenvalue weighted by atomic mass is 9.89. The molecule has 3 aromatic heterocycles. The fourth-order valence-corrected chi connectivity index (χ4v) is 3.29. The van der Waals surface area contributed by atoms with Crippen LogP contribution in [0.1, 0.15) is 47.3 Å². The molecule has 0 aliphatic heterocycles. The van der Waals surface area contributed by atoms with Gasteiger partial charge in [0.1, 0.15) is 17.0 Å². The summed E-state index contributed by atoms with van der Waals surface area (Å²) in [6, 6.07) is 3.63. The summed E-state index contributed by atoms with van der Waals surface area (Å²) in [5, 5.41) is 8.01. The van der Waals surface area contributed by atoms with Crippen molar-refractivity contribution in [2.24, 2.45) is 5.41 Å². The van der Waals surface area contributed by atoms with E-state index in [4.69, 9.17) is 18.9 Å². The van der Waals surface area contributed by atoms with Gasteiger partial charge in [-0.2, -0.15) is 0 Å². The highest BCUT2D eigenvalue weighted by Crippen LogP contribution is 2.21. The van der Waals surface area contributed by atoms with Crippen LogP contribution in [0, 0.1) is 5.41 Å². The van der Waals surface area contributed by atoms with Gasteiger partial charge < -0.3 is 23.3 Å². The Hall–Kier alpha value is -2.99. The number of pyridine rings is 1. The van der Waals surface area contributed by atoms with Crippen molar-refractivity contribution >= 4 is 17.2 Å². The van der Waals surface area contributed by atoms with Gasteiger partial charge in [-0.1, -0.05) is 32.1 Å². The lowest BCUT2D eigenvalue weighted by Gasteiger charge is -2.13. The number of carbonyl (C=O) groups is 2. The number of carbonyl (C=O) groups excluding carboxylic acids is 2. The minimum atomic E-state index is -0.513. The molecule has 3 aromatic rings. The lowest BCUT2D eigenvalue weighted by molar-refractivity contribution is 0.00244. The molecule has 36 heavy (non-hydrogen) atoms. The fourth-order valence-electron chi connectivity index (χ4n) is 3.29. The largest absolute Gasteiger partial charge is 0.382 e. The second-order valence-corrected chi connectivity index (χ2v) is 9.30. The molecule has 0 amide bonds. The summed E-state index contributed by atoms with van der Waals surface area (Å²) in [5.74, 6) is -0.172. The van der Waals surface area contributed by atoms with E-state index in [0.29, 0.717) is 69.8 Å². The number of ether oxygens (including phenoxy) is 4. The van der Waals surface area contributed by atoms with Crippen LogP contribution in [0.25, 0.3) is 5.65 Å². The van der Waals surface area contributed by atoms with Gasteiger partial charge in [0.05, 0.1) is 59.0 Å². The average molecular weight is 502 g/mol. The first kappa shape index (κ1) is 27.6. The van der Waals surface area contributed by atoms with E-state index in [0.717, 1.165) is 5.56 Å². The highest BCUT2D eigenvalue weighted by Gasteiger charge is 2.25. The molecule has 0 spiro atoms. The zero-order valence-corrected chi connectivity index (χ0v) is 21.4. The number of hydrogen-bond donors (Lipinski definition) is 0. The molecule has 3 heterocycles. The van der Waals surface area contributed by atoms with Crippen LogP contribution < -0.4 is 0 Å². The summed E-state index contributed by atoms with van der Waals surface area (Å²) < 4.78 is 24.5. The van der Waals surface area contributed by atoms with Crippen LogP contribution in [0.5, 0.6) is 0 Å². The molecule has 0 bridgehead atoms. The summed E-state index contributed by atoms with van der Waals surface area (Å²) in [7, 11) is 1.63. The van der Waals surface area contributed by atoms with Gasteiger partial charge in [0.15, 0.2) is 11.6 Å². The molecule has 0 aliphatic rings. The summed E-state index contributed by atoms with van der Waals surface area (Å²) in [6.45, 7) is 9.58. The Kier molecular flexibility index (Phi) is 10.2. The van der Waals surface area contributed by atoms with Gasteiger partial charge in [0.25, 0.3) is 0 Å². The van der Waals surface area contributed by atoms with Gasteiger partial charge in [0, 0.05) is 31.3 Å². The van der Waals surface area contributed by atoms with Gasteiger partial charge in [-0.25, -0.2) is 9.67 Å². The quantitative estimate of drug-likeness (QED) is 0.215. The van der Waals surface area contributed by atoms with Crippen LogP contribution in [-0.2, 0) is 31.9 Å². The van der Waals surface area contributed by atoms with Crippen LogP contribution >= 0.6 is 0 Å². The Morgan fingerprint density at radius 3 is 2.19 bits per heavy atom. The maximum Gasteiger partial charge on any atom is 0.189 e. The third-order valence-electron chi connectivity index (χ3n) is 5.26. The molecule has 196 valence electrons. The third-order valence-corrected chi connectivity index (χ3v) is 5.26. The number of rotatable bonds is 16. The Morgan fingerprint density at radius 1 is 0.861 bits per heavy atom. The van der Waals surface area contributed by atoms with Crippen molar-refractivity contribution in [1.82, 2.24) is 24.4 Å². The van der Waals surface area contributed by atoms with Crippen LogP contribution in [0.15, 0.2) is 30.7 Å². The fraction of sp³-hybridized carbons (Fsp3) is 0.560. The Morgan fingerprint density at radius 2 is 1.53 bits per heavy atom. The van der Waals surface area contributed by atoms with Gasteiger partial charge in [-0.05, 0) is 11.6 Å². The molecule has 11 nitrogen and oxygen atoms in total. The number of aromatic nitrogens is 5. The zero-order valence-electron chi connectivity index (χ0n) is 21.4. The molecule has 0 N–H and O–H groups in total. The molecule has 0 saturated carbocycles. The molecule has 0 saturated heterocycles. The number of Topliss-reactive ketones (excluding diaryl/α,β-unsaturated/α-hetero) is 2. The van der Waals surface area contributed by atoms with Crippen molar-refractivity contribution < 1.29 is 28.5 Å². The standard InChI is InChI=1S/C25H35N5O6/c1-25(2,3)24(32)21-17-29-16-19(5-6-23(29)26-21)15-22(31)20-18-30(28-27-20)7-8-34-11-12-36-14-13-35-10-9-33-4/h5-6,16-18H,7-15H2,1-4H3. The number of fused-ring (bicyclic) bond motifs is 1. The van der Waals surface area contributed by atoms with Crippen LogP contribution in [0.4, 0.5) is 0 Å². The van der Waals surface area contributed by atoms with Crippen LogP contribution in [0.3, 0.4) is 0 Å². The number of nitrogens with zero attached hydrogens (tertiary/aromatic N) is 5. The van der Waals surface area contributed by atoms with Crippen LogP contribution in [0.2, 0.25) is 0 Å². The van der Waals surface area contributed by atoms with Crippen LogP contribution in [-0.4, -0.2) is 89.3 Å². The molecule has 0 atom stereocenters. The van der Waals surface area contributed by atoms with E-state index in [2.05, 4.69) is 15.3 Å². The molecule has 0 fully saturated rings. The summed E-state index contributed by atoms with van der Waals surface area (Å²) >= 11 is 0. The van der Waals surface area contributed by atoms with E-state index in [1.54, 1.807) is 34.7 Å². The number of methoxy groups -OCH3 is 1. The second-order valence-electron chi connectivity index (χ2n) is 9.30. The topological polar surface area (TPSA) is 119 Å². The SMILES string of the molecule is COCCOCCOCCOCCn1cc(C(=O)Cc2ccc3nc(C(=O)C(C)(C)C)cn3c2)nn1. The monoisotopic (exact) mass is 501 g/mol. The van der Waals surface area contributed by atoms with Gasteiger partial charge in [0.2, 0.25) is 0 Å². The highest BCUT2D eigenvalue weighted by atomic mass is 16.6. The number of ketones is 2. The molecule has 11 heteroatoms. The van der Waals surface area contributed by atoms with Gasteiger partial charge >= 0.3 is 0 Å². The third kappa shape index (κ3) is 8.30. The van der Waals surface area contributed by atoms with E-state index in [1.807, 2.05) is 33.0 Å². The van der Waals surface area contributed by atoms with E-state index >= 15 is 0 Å². The van der Waals surface area contributed by atoms with Crippen molar-refractivity contribution in [3.05, 3.63) is 47.7 Å². The summed E-state index contributed by atoms with van der Waals surface area (Å²) in [5.41, 5.74) is 1.64. The van der Waals surface area contributed by atoms with Crippen molar-refractivity contribution in [3.63, 3.8) is 0 Å². The predicted molar refractivity (Wildman–Crippen MR) is 131 cm³/mol. The van der Waals surface area contributed by atoms with E-state index in [-0.39, 0.29) is 18.0 Å². The molecule has 0 unspecified atom stereocenters. The second kappa shape index (κ2) is 13.4. The zero-order chi connectivity index (χ0) is 26.0. The smallest absolute Gasteiger partial charge is 0.189 e. The highest BCUT2D eigenvalue weighted by molar-refractivity contribution is 5.98. The minimum Gasteiger partial charge on any atom is -0.382 e. The van der Waals surface area contributed by atoms with Crippen molar-refractivity contribution in [1.29, 1.82) is 0 Å². The Bertz CT molecular complexity index is 1130. The van der Waals surface area contributed by atoms with Crippen molar-refractivity contribution in [3.8, 4) is 0 Å². The maximum absolute atomic E-state index is 12.7. The molecular formula is C25H35N5O6. The van der Waals surface area contributed by atoms with Crippen molar-refractivity contribution in [2.45, 2.75) is 33.7 Å². The number of hydrogen-bond acceptors (Lipinski definition) is 9. The van der Waals surface area contributed by atoms with Gasteiger partial charge in [-0.3, -0.25) is 9.59 Å². The molecule has 0 aromatic carbocycles. The molecule has 3 rings (SSSR count). The Balaban J connectivity index is 1.40. The average Bonchev–Trinajstić information content (AvgIpc) is 3.48. The molecular weight excluding hydrogens is 466 g/mol. The normalized spacial score (nSPS) is 11.9. The maximum atomic E-state index is 12.7. The summed E-state index contributed by atoms with van der Waals surface area (Å²) in [4.78, 5) is 29.6. The van der Waals surface area contributed by atoms with E-state index in [9.17, 15) is 9.59 Å². The predicted octanol–water partition coefficient (Wildman–Crippen LogP) is 2.28. The number of imidazole rings is 1. The first-order chi connectivity index (χ1) is 17.3. The minimum absolute atomic E-state index is 0.0275. The first-order valence-corrected chi connectivity index (χ1v) is 12.0. The van der Waals surface area contributed by atoms with E-state index < -0.39 is 5.41 Å². The first-order valence-electron chi connectivity index (χ1n) is 12.0. The van der Waals surface area contributed by atoms with Gasteiger partial charge in [-0.15, -0.1) is 5.10 Å². The van der Waals surface area contributed by atoms with Crippen molar-refractivity contribution in [2.75, 3.05) is 53.4 Å². The lowest BCUT2D eigenvalue weighted by Crippen LogP contribution is -2.20. The van der Waals surface area contributed by atoms with E-state index in [1.165, 1.54) is 0 Å². The molecule has 0 aliphatic carbocycles. The summed E-state index contributed by atoms with van der Waals surface area (Å²) in [6.07, 6.45) is 5.30.